The minimum Gasteiger partial charge on any atom is -0.476 e. The monoisotopic (exact) mass is 555 g/mol. The number of ether oxygens (including phenoxy) is 3. The van der Waals surface area contributed by atoms with Gasteiger partial charge in [-0.2, -0.15) is 0 Å². The normalized spacial score (nSPS) is 19.1. The zero-order valence-corrected chi connectivity index (χ0v) is 22.0. The Kier molecular flexibility index (Phi) is 6.55. The van der Waals surface area contributed by atoms with Crippen LogP contribution in [0.5, 0.6) is 17.2 Å². The smallest absolute Gasteiger partial charge is 0.265 e. The first kappa shape index (κ1) is 24.8. The zero-order valence-electron chi connectivity index (χ0n) is 20.5. The number of piperazine rings is 1. The van der Waals surface area contributed by atoms with Crippen molar-refractivity contribution in [3.63, 3.8) is 0 Å². The van der Waals surface area contributed by atoms with E-state index in [0.717, 1.165) is 23.6 Å². The molecule has 11 heteroatoms. The number of hydrogen-bond acceptors (Lipinski definition) is 7. The first-order chi connectivity index (χ1) is 18.4. The summed E-state index contributed by atoms with van der Waals surface area (Å²) in [4.78, 5) is 17.6. The summed E-state index contributed by atoms with van der Waals surface area (Å²) in [6.45, 7) is 3.29. The molecule has 198 valence electrons. The summed E-state index contributed by atoms with van der Waals surface area (Å²) in [5.41, 5.74) is 1.52. The van der Waals surface area contributed by atoms with Crippen molar-refractivity contribution in [1.82, 2.24) is 9.80 Å². The predicted octanol–water partition coefficient (Wildman–Crippen LogP) is 3.37. The Labute approximate surface area is 226 Å². The van der Waals surface area contributed by atoms with Gasteiger partial charge in [0.05, 0.1) is 17.1 Å². The number of carbonyl (C=O) groups is 1. The molecule has 0 aromatic heterocycles. The van der Waals surface area contributed by atoms with Crippen molar-refractivity contribution in [3.8, 4) is 17.2 Å². The van der Waals surface area contributed by atoms with Crippen molar-refractivity contribution in [1.29, 1.82) is 0 Å². The number of benzene rings is 3. The van der Waals surface area contributed by atoms with Crippen LogP contribution in [0.4, 0.5) is 5.69 Å². The van der Waals surface area contributed by atoms with Crippen LogP contribution in [-0.2, 0) is 21.4 Å². The van der Waals surface area contributed by atoms with E-state index in [2.05, 4.69) is 4.90 Å². The molecular formula is C27H26ClN3O6S. The molecule has 6 rings (SSSR count). The van der Waals surface area contributed by atoms with E-state index in [1.54, 1.807) is 29.2 Å². The van der Waals surface area contributed by atoms with Gasteiger partial charge in [-0.15, -0.1) is 0 Å². The van der Waals surface area contributed by atoms with Gasteiger partial charge >= 0.3 is 0 Å². The van der Waals surface area contributed by atoms with Crippen LogP contribution in [0.25, 0.3) is 0 Å². The highest BCUT2D eigenvalue weighted by atomic mass is 35.5. The van der Waals surface area contributed by atoms with Crippen molar-refractivity contribution in [2.75, 3.05) is 43.8 Å². The van der Waals surface area contributed by atoms with E-state index in [1.807, 2.05) is 18.2 Å². The Morgan fingerprint density at radius 3 is 2.42 bits per heavy atom. The van der Waals surface area contributed by atoms with E-state index >= 15 is 0 Å². The van der Waals surface area contributed by atoms with Crippen LogP contribution in [0.3, 0.4) is 0 Å². The molecule has 3 heterocycles. The molecule has 9 nitrogen and oxygen atoms in total. The van der Waals surface area contributed by atoms with E-state index in [0.29, 0.717) is 42.6 Å². The maximum Gasteiger partial charge on any atom is 0.265 e. The van der Waals surface area contributed by atoms with Crippen LogP contribution in [0, 0.1) is 0 Å². The van der Waals surface area contributed by atoms with Gasteiger partial charge in [-0.25, -0.2) is 8.42 Å². The molecule has 3 aliphatic rings. The lowest BCUT2D eigenvalue weighted by atomic mass is 10.1. The predicted molar refractivity (Wildman–Crippen MR) is 141 cm³/mol. The quantitative estimate of drug-likeness (QED) is 0.477. The van der Waals surface area contributed by atoms with E-state index in [1.165, 1.54) is 28.6 Å². The van der Waals surface area contributed by atoms with Gasteiger partial charge in [0.15, 0.2) is 17.6 Å². The standard InChI is InChI=1S/C27H26ClN3O6S/c28-20-6-8-21(9-7-20)38(33,34)31-17-26(37-23-4-2-1-3-22(23)31)27(32)30-13-11-29(12-14-30)16-19-5-10-24-25(15-19)36-18-35-24/h1-10,15,26H,11-14,16-18H2/t26-/m0/s1. The Morgan fingerprint density at radius 2 is 1.63 bits per heavy atom. The van der Waals surface area contributed by atoms with Gasteiger partial charge < -0.3 is 19.1 Å². The summed E-state index contributed by atoms with van der Waals surface area (Å²) in [5.74, 6) is 1.64. The minimum absolute atomic E-state index is 0.0990. The third kappa shape index (κ3) is 4.75. The number of amides is 1. The lowest BCUT2D eigenvalue weighted by Crippen LogP contribution is -2.56. The number of halogens is 1. The molecule has 0 N–H and O–H groups in total. The summed E-state index contributed by atoms with van der Waals surface area (Å²) in [6.07, 6.45) is -0.951. The van der Waals surface area contributed by atoms with Crippen LogP contribution in [0.15, 0.2) is 71.6 Å². The fourth-order valence-electron chi connectivity index (χ4n) is 4.92. The van der Waals surface area contributed by atoms with Crippen LogP contribution in [-0.4, -0.2) is 69.7 Å². The number of sulfonamides is 1. The Morgan fingerprint density at radius 1 is 0.895 bits per heavy atom. The van der Waals surface area contributed by atoms with Crippen molar-refractivity contribution >= 4 is 33.2 Å². The molecule has 1 saturated heterocycles. The summed E-state index contributed by atoms with van der Waals surface area (Å²) in [5, 5.41) is 0.442. The highest BCUT2D eigenvalue weighted by Crippen LogP contribution is 2.37. The second kappa shape index (κ2) is 10.0. The maximum atomic E-state index is 13.6. The van der Waals surface area contributed by atoms with Gasteiger partial charge in [-0.05, 0) is 54.1 Å². The molecule has 3 aliphatic heterocycles. The second-order valence-electron chi connectivity index (χ2n) is 9.35. The molecule has 0 spiro atoms. The average Bonchev–Trinajstić information content (AvgIpc) is 3.41. The molecule has 0 aliphatic carbocycles. The van der Waals surface area contributed by atoms with Crippen molar-refractivity contribution in [2.24, 2.45) is 0 Å². The number of nitrogens with zero attached hydrogens (tertiary/aromatic N) is 3. The molecule has 0 saturated carbocycles. The number of rotatable bonds is 5. The molecule has 1 atom stereocenters. The highest BCUT2D eigenvalue weighted by Gasteiger charge is 2.39. The average molecular weight is 556 g/mol. The summed E-state index contributed by atoms with van der Waals surface area (Å²) >= 11 is 5.96. The minimum atomic E-state index is -3.94. The SMILES string of the molecule is O=C([C@@H]1CN(S(=O)(=O)c2ccc(Cl)cc2)c2ccccc2O1)N1CCN(Cc2ccc3c(c2)OCO3)CC1. The Hall–Kier alpha value is -3.47. The first-order valence-corrected chi connectivity index (χ1v) is 14.1. The Bertz CT molecular complexity index is 1460. The molecule has 0 bridgehead atoms. The third-order valence-corrected chi connectivity index (χ3v) is 8.98. The molecule has 3 aromatic rings. The molecular weight excluding hydrogens is 530 g/mol. The number of hydrogen-bond donors (Lipinski definition) is 0. The molecule has 1 fully saturated rings. The lowest BCUT2D eigenvalue weighted by molar-refractivity contribution is -0.140. The zero-order chi connectivity index (χ0) is 26.3. The maximum absolute atomic E-state index is 13.6. The summed E-state index contributed by atoms with van der Waals surface area (Å²) < 4.78 is 45.3. The number of fused-ring (bicyclic) bond motifs is 2. The molecule has 0 radical (unpaired) electrons. The molecule has 1 amide bonds. The van der Waals surface area contributed by atoms with Crippen LogP contribution >= 0.6 is 11.6 Å². The van der Waals surface area contributed by atoms with Crippen LogP contribution < -0.4 is 18.5 Å². The fourth-order valence-corrected chi connectivity index (χ4v) is 6.52. The third-order valence-electron chi connectivity index (χ3n) is 6.94. The van der Waals surface area contributed by atoms with Gasteiger partial charge in [-0.3, -0.25) is 14.0 Å². The lowest BCUT2D eigenvalue weighted by Gasteiger charge is -2.39. The molecule has 38 heavy (non-hydrogen) atoms. The van der Waals surface area contributed by atoms with E-state index in [-0.39, 0.29) is 24.1 Å². The van der Waals surface area contributed by atoms with Crippen LogP contribution in [0.2, 0.25) is 5.02 Å². The van der Waals surface area contributed by atoms with Gasteiger partial charge in [0.25, 0.3) is 15.9 Å². The fraction of sp³-hybridized carbons (Fsp3) is 0.296. The van der Waals surface area contributed by atoms with E-state index < -0.39 is 16.1 Å². The summed E-state index contributed by atoms with van der Waals surface area (Å²) in [6, 6.07) is 18.8. The Balaban J connectivity index is 1.15. The van der Waals surface area contributed by atoms with Crippen LogP contribution in [0.1, 0.15) is 5.56 Å². The van der Waals surface area contributed by atoms with Crippen molar-refractivity contribution in [3.05, 3.63) is 77.3 Å². The number of anilines is 1. The first-order valence-electron chi connectivity index (χ1n) is 12.3. The largest absolute Gasteiger partial charge is 0.476 e. The van der Waals surface area contributed by atoms with E-state index in [9.17, 15) is 13.2 Å². The van der Waals surface area contributed by atoms with Gasteiger partial charge in [0.2, 0.25) is 6.79 Å². The van der Waals surface area contributed by atoms with E-state index in [4.69, 9.17) is 25.8 Å². The molecule has 0 unspecified atom stereocenters. The second-order valence-corrected chi connectivity index (χ2v) is 11.7. The van der Waals surface area contributed by atoms with Gasteiger partial charge in [-0.1, -0.05) is 29.8 Å². The van der Waals surface area contributed by atoms with Gasteiger partial charge in [0, 0.05) is 37.7 Å². The summed E-state index contributed by atoms with van der Waals surface area (Å²) in [7, 11) is -3.94. The van der Waals surface area contributed by atoms with Crippen molar-refractivity contribution in [2.45, 2.75) is 17.5 Å². The highest BCUT2D eigenvalue weighted by molar-refractivity contribution is 7.92. The van der Waals surface area contributed by atoms with Gasteiger partial charge in [0.1, 0.15) is 5.75 Å². The number of para-hydroxylation sites is 2. The molecule has 3 aromatic carbocycles. The topological polar surface area (TPSA) is 88.6 Å². The number of carbonyl (C=O) groups excluding carboxylic acids is 1. The van der Waals surface area contributed by atoms with Crippen molar-refractivity contribution < 1.29 is 27.4 Å².